The molecule has 28 heavy (non-hydrogen) atoms. The molecule has 0 amide bonds. The van der Waals surface area contributed by atoms with Gasteiger partial charge >= 0.3 is 5.97 Å². The highest BCUT2D eigenvalue weighted by atomic mass is 32.1. The van der Waals surface area contributed by atoms with E-state index < -0.39 is 5.97 Å². The van der Waals surface area contributed by atoms with Gasteiger partial charge in [-0.3, -0.25) is 5.43 Å². The minimum absolute atomic E-state index is 0.118. The summed E-state index contributed by atoms with van der Waals surface area (Å²) in [6, 6.07) is 16.1. The summed E-state index contributed by atoms with van der Waals surface area (Å²) >= 11 is 1.52. The van der Waals surface area contributed by atoms with Crippen molar-refractivity contribution in [1.29, 1.82) is 0 Å². The highest BCUT2D eigenvalue weighted by molar-refractivity contribution is 7.22. The number of esters is 1. The van der Waals surface area contributed by atoms with E-state index in [4.69, 9.17) is 13.9 Å². The Labute approximate surface area is 164 Å². The summed E-state index contributed by atoms with van der Waals surface area (Å²) in [7, 11) is 1.50. The second kappa shape index (κ2) is 7.93. The highest BCUT2D eigenvalue weighted by Gasteiger charge is 2.14. The number of ether oxygens (including phenoxy) is 2. The predicted molar refractivity (Wildman–Crippen MR) is 107 cm³/mol. The van der Waals surface area contributed by atoms with Gasteiger partial charge in [0.15, 0.2) is 11.5 Å². The molecule has 0 spiro atoms. The molecule has 8 heteroatoms. The Kier molecular flexibility index (Phi) is 5.03. The Morgan fingerprint density at radius 3 is 2.86 bits per heavy atom. The fourth-order valence-corrected chi connectivity index (χ4v) is 3.29. The van der Waals surface area contributed by atoms with E-state index in [9.17, 15) is 4.79 Å². The quantitative estimate of drug-likeness (QED) is 0.224. The van der Waals surface area contributed by atoms with Crippen LogP contribution in [0.5, 0.6) is 11.5 Å². The van der Waals surface area contributed by atoms with Crippen LogP contribution in [-0.2, 0) is 0 Å². The van der Waals surface area contributed by atoms with Crippen LogP contribution < -0.4 is 14.9 Å². The van der Waals surface area contributed by atoms with Gasteiger partial charge in [-0.2, -0.15) is 5.10 Å². The molecule has 0 unspecified atom stereocenters. The SMILES string of the molecule is COc1cc(/C=N/Nc2nc3ccccc3s2)ccc1OC(=O)c1ccco1. The van der Waals surface area contributed by atoms with Gasteiger partial charge in [0.2, 0.25) is 10.9 Å². The smallest absolute Gasteiger partial charge is 0.379 e. The van der Waals surface area contributed by atoms with Gasteiger partial charge in [0, 0.05) is 0 Å². The van der Waals surface area contributed by atoms with E-state index in [-0.39, 0.29) is 5.76 Å². The lowest BCUT2D eigenvalue weighted by molar-refractivity contribution is 0.0696. The van der Waals surface area contributed by atoms with E-state index >= 15 is 0 Å². The summed E-state index contributed by atoms with van der Waals surface area (Å²) < 4.78 is 16.7. The fourth-order valence-electron chi connectivity index (χ4n) is 2.48. The van der Waals surface area contributed by atoms with Crippen LogP contribution in [-0.4, -0.2) is 24.3 Å². The molecule has 0 saturated carbocycles. The molecule has 7 nitrogen and oxygen atoms in total. The zero-order chi connectivity index (χ0) is 19.3. The average Bonchev–Trinajstić information content (AvgIpc) is 3.38. The summed E-state index contributed by atoms with van der Waals surface area (Å²) in [5.74, 6) is 0.221. The summed E-state index contributed by atoms with van der Waals surface area (Å²) in [6.45, 7) is 0. The molecular formula is C20H15N3O4S. The van der Waals surface area contributed by atoms with E-state index in [1.54, 1.807) is 30.5 Å². The minimum Gasteiger partial charge on any atom is -0.493 e. The second-order valence-electron chi connectivity index (χ2n) is 5.63. The first-order chi connectivity index (χ1) is 13.7. The molecule has 2 aromatic carbocycles. The van der Waals surface area contributed by atoms with E-state index in [0.29, 0.717) is 16.6 Å². The Bertz CT molecular complexity index is 1100. The number of carbonyl (C=O) groups excluding carboxylic acids is 1. The lowest BCUT2D eigenvalue weighted by atomic mass is 10.2. The average molecular weight is 393 g/mol. The van der Waals surface area contributed by atoms with Crippen LogP contribution in [0.2, 0.25) is 0 Å². The Morgan fingerprint density at radius 2 is 2.07 bits per heavy atom. The van der Waals surface area contributed by atoms with Crippen molar-refractivity contribution < 1.29 is 18.7 Å². The monoisotopic (exact) mass is 393 g/mol. The van der Waals surface area contributed by atoms with E-state index in [1.165, 1.54) is 30.8 Å². The molecule has 0 saturated heterocycles. The molecule has 0 radical (unpaired) electrons. The number of rotatable bonds is 6. The number of benzene rings is 2. The molecule has 4 rings (SSSR count). The molecule has 2 aromatic heterocycles. The van der Waals surface area contributed by atoms with E-state index in [1.807, 2.05) is 24.3 Å². The first-order valence-corrected chi connectivity index (χ1v) is 9.13. The van der Waals surface area contributed by atoms with Gasteiger partial charge in [0.25, 0.3) is 0 Å². The summed E-state index contributed by atoms with van der Waals surface area (Å²) in [5, 5.41) is 4.91. The van der Waals surface area contributed by atoms with Gasteiger partial charge < -0.3 is 13.9 Å². The minimum atomic E-state index is -0.595. The third kappa shape index (κ3) is 3.86. The van der Waals surface area contributed by atoms with Crippen molar-refractivity contribution in [1.82, 2.24) is 4.98 Å². The van der Waals surface area contributed by atoms with Crippen LogP contribution >= 0.6 is 11.3 Å². The number of hydrazone groups is 1. The number of carbonyl (C=O) groups is 1. The van der Waals surface area contributed by atoms with Crippen LogP contribution in [0.3, 0.4) is 0 Å². The van der Waals surface area contributed by atoms with Crippen LogP contribution in [0.15, 0.2) is 70.4 Å². The van der Waals surface area contributed by atoms with Crippen molar-refractivity contribution in [2.24, 2.45) is 5.10 Å². The van der Waals surface area contributed by atoms with Crippen LogP contribution in [0.4, 0.5) is 5.13 Å². The normalized spacial score (nSPS) is 11.0. The number of anilines is 1. The summed E-state index contributed by atoms with van der Waals surface area (Å²) in [5.41, 5.74) is 4.62. The fraction of sp³-hybridized carbons (Fsp3) is 0.0500. The standard InChI is InChI=1S/C20H15N3O4S/c1-25-17-11-13(8-9-15(17)27-19(24)16-6-4-10-26-16)12-21-23-20-22-14-5-2-3-7-18(14)28-20/h2-12H,1H3,(H,22,23)/b21-12+. The number of fused-ring (bicyclic) bond motifs is 1. The predicted octanol–water partition coefficient (Wildman–Crippen LogP) is 4.56. The molecule has 2 heterocycles. The lowest BCUT2D eigenvalue weighted by Crippen LogP contribution is -2.08. The largest absolute Gasteiger partial charge is 0.493 e. The van der Waals surface area contributed by atoms with Crippen molar-refractivity contribution in [2.75, 3.05) is 12.5 Å². The zero-order valence-corrected chi connectivity index (χ0v) is 15.6. The number of methoxy groups -OCH3 is 1. The third-order valence-electron chi connectivity index (χ3n) is 3.78. The molecular weight excluding hydrogens is 378 g/mol. The summed E-state index contributed by atoms with van der Waals surface area (Å²) in [4.78, 5) is 16.5. The van der Waals surface area contributed by atoms with Crippen LogP contribution in [0.1, 0.15) is 16.1 Å². The molecule has 4 aromatic rings. The first-order valence-electron chi connectivity index (χ1n) is 8.31. The molecule has 140 valence electrons. The number of nitrogens with one attached hydrogen (secondary N) is 1. The van der Waals surface area contributed by atoms with Gasteiger partial charge in [0.1, 0.15) is 0 Å². The van der Waals surface area contributed by atoms with Crippen LogP contribution in [0.25, 0.3) is 10.2 Å². The maximum Gasteiger partial charge on any atom is 0.379 e. The maximum absolute atomic E-state index is 12.0. The second-order valence-corrected chi connectivity index (χ2v) is 6.66. The van der Waals surface area contributed by atoms with Gasteiger partial charge in [-0.25, -0.2) is 9.78 Å². The topological polar surface area (TPSA) is 86.0 Å². The number of hydrogen-bond donors (Lipinski definition) is 1. The van der Waals surface area contributed by atoms with Crippen molar-refractivity contribution in [3.63, 3.8) is 0 Å². The number of nitrogens with zero attached hydrogens (tertiary/aromatic N) is 2. The third-order valence-corrected chi connectivity index (χ3v) is 4.72. The maximum atomic E-state index is 12.0. The highest BCUT2D eigenvalue weighted by Crippen LogP contribution is 2.29. The van der Waals surface area contributed by atoms with Gasteiger partial charge in [-0.15, -0.1) is 0 Å². The van der Waals surface area contributed by atoms with Gasteiger partial charge in [-0.1, -0.05) is 23.5 Å². The molecule has 0 aliphatic carbocycles. The van der Waals surface area contributed by atoms with Gasteiger partial charge in [-0.05, 0) is 48.0 Å². The number of aromatic nitrogens is 1. The Hall–Kier alpha value is -3.65. The Morgan fingerprint density at radius 1 is 1.18 bits per heavy atom. The van der Waals surface area contributed by atoms with Gasteiger partial charge in [0.05, 0.1) is 29.8 Å². The molecule has 0 aliphatic rings. The number of thiazole rings is 1. The summed E-state index contributed by atoms with van der Waals surface area (Å²) in [6.07, 6.45) is 3.04. The van der Waals surface area contributed by atoms with E-state index in [2.05, 4.69) is 15.5 Å². The van der Waals surface area contributed by atoms with Crippen molar-refractivity contribution in [3.8, 4) is 11.5 Å². The number of para-hydroxylation sites is 1. The molecule has 0 aliphatic heterocycles. The molecule has 1 N–H and O–H groups in total. The molecule has 0 fully saturated rings. The van der Waals surface area contributed by atoms with Crippen molar-refractivity contribution in [2.45, 2.75) is 0 Å². The molecule has 0 atom stereocenters. The Balaban J connectivity index is 1.46. The lowest BCUT2D eigenvalue weighted by Gasteiger charge is -2.08. The zero-order valence-electron chi connectivity index (χ0n) is 14.8. The first kappa shape index (κ1) is 17.7. The molecule has 0 bridgehead atoms. The van der Waals surface area contributed by atoms with Crippen molar-refractivity contribution in [3.05, 3.63) is 72.2 Å². The van der Waals surface area contributed by atoms with Crippen molar-refractivity contribution >= 4 is 38.9 Å². The van der Waals surface area contributed by atoms with Crippen LogP contribution in [0, 0.1) is 0 Å². The number of hydrogen-bond acceptors (Lipinski definition) is 8. The number of furan rings is 1. The van der Waals surface area contributed by atoms with E-state index in [0.717, 1.165) is 15.8 Å².